The van der Waals surface area contributed by atoms with Gasteiger partial charge in [-0.25, -0.2) is 4.98 Å². The summed E-state index contributed by atoms with van der Waals surface area (Å²) in [5, 5.41) is 10.8. The molecule has 0 fully saturated rings. The Bertz CT molecular complexity index is 818. The summed E-state index contributed by atoms with van der Waals surface area (Å²) < 4.78 is 0. The van der Waals surface area contributed by atoms with Crippen LogP contribution in [0, 0.1) is 13.8 Å². The van der Waals surface area contributed by atoms with Crippen LogP contribution in [0.5, 0.6) is 0 Å². The number of amides is 1. The number of hydrogen-bond acceptors (Lipinski definition) is 4. The van der Waals surface area contributed by atoms with E-state index in [9.17, 15) is 4.79 Å². The molecule has 0 radical (unpaired) electrons. The smallest absolute Gasteiger partial charge is 0.265 e. The van der Waals surface area contributed by atoms with E-state index in [0.717, 1.165) is 22.4 Å². The summed E-state index contributed by atoms with van der Waals surface area (Å²) in [6.07, 6.45) is 2.57. The van der Waals surface area contributed by atoms with Crippen molar-refractivity contribution in [2.24, 2.45) is 0 Å². The fourth-order valence-corrected chi connectivity index (χ4v) is 3.27. The van der Waals surface area contributed by atoms with Crippen LogP contribution in [0.4, 0.5) is 5.69 Å². The van der Waals surface area contributed by atoms with Gasteiger partial charge in [-0.2, -0.15) is 5.10 Å². The van der Waals surface area contributed by atoms with E-state index in [4.69, 9.17) is 0 Å². The Morgan fingerprint density at radius 3 is 2.90 bits per heavy atom. The highest BCUT2D eigenvalue weighted by Gasteiger charge is 2.13. The molecule has 0 spiro atoms. The SMILES string of the molecule is CCc1cc(C(=O)Nc2cnc3n[nH]c(C)c3c2)sc1C. The second-order valence-electron chi connectivity index (χ2n) is 4.94. The van der Waals surface area contributed by atoms with Crippen LogP contribution >= 0.6 is 11.3 Å². The van der Waals surface area contributed by atoms with E-state index in [2.05, 4.69) is 27.4 Å². The highest BCUT2D eigenvalue weighted by Crippen LogP contribution is 2.24. The normalized spacial score (nSPS) is 11.0. The van der Waals surface area contributed by atoms with Gasteiger partial charge in [0.15, 0.2) is 5.65 Å². The van der Waals surface area contributed by atoms with Crippen molar-refractivity contribution in [2.75, 3.05) is 5.32 Å². The summed E-state index contributed by atoms with van der Waals surface area (Å²) in [5.74, 6) is -0.0925. The van der Waals surface area contributed by atoms with Crippen LogP contribution in [-0.4, -0.2) is 21.1 Å². The first-order valence-electron chi connectivity index (χ1n) is 6.80. The summed E-state index contributed by atoms with van der Waals surface area (Å²) in [6, 6.07) is 3.85. The third-order valence-electron chi connectivity index (χ3n) is 3.48. The molecule has 0 atom stereocenters. The zero-order valence-corrected chi connectivity index (χ0v) is 13.0. The first-order valence-corrected chi connectivity index (χ1v) is 7.61. The second-order valence-corrected chi connectivity index (χ2v) is 6.20. The lowest BCUT2D eigenvalue weighted by atomic mass is 10.2. The molecule has 3 rings (SSSR count). The summed E-state index contributed by atoms with van der Waals surface area (Å²) in [7, 11) is 0. The molecule has 1 amide bonds. The molecule has 21 heavy (non-hydrogen) atoms. The molecule has 0 bridgehead atoms. The molecule has 0 unspecified atom stereocenters. The van der Waals surface area contributed by atoms with Crippen LogP contribution in [0.1, 0.15) is 32.7 Å². The Morgan fingerprint density at radius 1 is 1.38 bits per heavy atom. The molecule has 3 heterocycles. The molecule has 0 saturated carbocycles. The Balaban J connectivity index is 1.86. The molecule has 0 aliphatic rings. The van der Waals surface area contributed by atoms with Crippen LogP contribution < -0.4 is 5.32 Å². The zero-order chi connectivity index (χ0) is 15.0. The Morgan fingerprint density at radius 2 is 2.19 bits per heavy atom. The van der Waals surface area contributed by atoms with Crippen molar-refractivity contribution in [3.05, 3.63) is 39.3 Å². The van der Waals surface area contributed by atoms with Gasteiger partial charge >= 0.3 is 0 Å². The third-order valence-corrected chi connectivity index (χ3v) is 4.57. The monoisotopic (exact) mass is 300 g/mol. The highest BCUT2D eigenvalue weighted by molar-refractivity contribution is 7.14. The van der Waals surface area contributed by atoms with Gasteiger partial charge in [-0.15, -0.1) is 11.3 Å². The van der Waals surface area contributed by atoms with Gasteiger partial charge in [-0.3, -0.25) is 9.89 Å². The third kappa shape index (κ3) is 2.54. The molecule has 6 heteroatoms. The van der Waals surface area contributed by atoms with E-state index in [1.54, 1.807) is 6.20 Å². The number of H-pyrrole nitrogens is 1. The van der Waals surface area contributed by atoms with E-state index < -0.39 is 0 Å². The summed E-state index contributed by atoms with van der Waals surface area (Å²) in [4.78, 5) is 18.5. The summed E-state index contributed by atoms with van der Waals surface area (Å²) in [6.45, 7) is 6.07. The van der Waals surface area contributed by atoms with Gasteiger partial charge in [0, 0.05) is 16.0 Å². The number of nitrogens with one attached hydrogen (secondary N) is 2. The van der Waals surface area contributed by atoms with Crippen molar-refractivity contribution >= 4 is 34.0 Å². The fourth-order valence-electron chi connectivity index (χ4n) is 2.26. The van der Waals surface area contributed by atoms with E-state index in [0.29, 0.717) is 11.3 Å². The molecule has 3 aromatic heterocycles. The molecule has 2 N–H and O–H groups in total. The average Bonchev–Trinajstić information content (AvgIpc) is 3.03. The minimum absolute atomic E-state index is 0.0925. The van der Waals surface area contributed by atoms with Crippen molar-refractivity contribution in [3.63, 3.8) is 0 Å². The quantitative estimate of drug-likeness (QED) is 0.778. The van der Waals surface area contributed by atoms with Gasteiger partial charge in [0.2, 0.25) is 0 Å². The molecular weight excluding hydrogens is 284 g/mol. The molecule has 0 saturated heterocycles. The van der Waals surface area contributed by atoms with Crippen molar-refractivity contribution in [3.8, 4) is 0 Å². The van der Waals surface area contributed by atoms with Crippen molar-refractivity contribution < 1.29 is 4.79 Å². The summed E-state index contributed by atoms with van der Waals surface area (Å²) in [5.41, 5.74) is 3.50. The molecule has 0 aromatic carbocycles. The predicted molar refractivity (Wildman–Crippen MR) is 85.0 cm³/mol. The van der Waals surface area contributed by atoms with E-state index >= 15 is 0 Å². The number of carbonyl (C=O) groups is 1. The van der Waals surface area contributed by atoms with Gasteiger partial charge < -0.3 is 5.32 Å². The molecule has 0 aliphatic carbocycles. The van der Waals surface area contributed by atoms with Gasteiger partial charge in [0.25, 0.3) is 5.91 Å². The van der Waals surface area contributed by atoms with E-state index in [1.807, 2.05) is 26.0 Å². The first kappa shape index (κ1) is 13.8. The predicted octanol–water partition coefficient (Wildman–Crippen LogP) is 3.45. The van der Waals surface area contributed by atoms with Crippen molar-refractivity contribution in [1.29, 1.82) is 0 Å². The first-order chi connectivity index (χ1) is 10.1. The molecule has 108 valence electrons. The number of aromatic nitrogens is 3. The van der Waals surface area contributed by atoms with Crippen LogP contribution in [0.25, 0.3) is 11.0 Å². The minimum Gasteiger partial charge on any atom is -0.320 e. The number of carbonyl (C=O) groups excluding carboxylic acids is 1. The summed E-state index contributed by atoms with van der Waals surface area (Å²) >= 11 is 1.52. The standard InChI is InChI=1S/C15H16N4OS/c1-4-10-5-13(21-9(10)3)15(20)17-11-6-12-8(2)18-19-14(12)16-7-11/h5-7H,4H2,1-3H3,(H,17,20)(H,16,18,19). The number of nitrogens with zero attached hydrogens (tertiary/aromatic N) is 2. The highest BCUT2D eigenvalue weighted by atomic mass is 32.1. The van der Waals surface area contributed by atoms with Crippen LogP contribution in [-0.2, 0) is 6.42 Å². The number of pyridine rings is 1. The lowest BCUT2D eigenvalue weighted by molar-refractivity contribution is 0.103. The fraction of sp³-hybridized carbons (Fsp3) is 0.267. The average molecular weight is 300 g/mol. The lowest BCUT2D eigenvalue weighted by Crippen LogP contribution is -2.10. The topological polar surface area (TPSA) is 70.7 Å². The van der Waals surface area contributed by atoms with E-state index in [1.165, 1.54) is 21.8 Å². The number of rotatable bonds is 3. The largest absolute Gasteiger partial charge is 0.320 e. The number of aromatic amines is 1. The van der Waals surface area contributed by atoms with Gasteiger partial charge in [0.1, 0.15) is 0 Å². The van der Waals surface area contributed by atoms with Crippen LogP contribution in [0.2, 0.25) is 0 Å². The number of aryl methyl sites for hydroxylation is 3. The Hall–Kier alpha value is -2.21. The van der Waals surface area contributed by atoms with Crippen LogP contribution in [0.15, 0.2) is 18.3 Å². The number of hydrogen-bond donors (Lipinski definition) is 2. The maximum absolute atomic E-state index is 12.3. The maximum Gasteiger partial charge on any atom is 0.265 e. The molecule has 5 nitrogen and oxygen atoms in total. The van der Waals surface area contributed by atoms with Gasteiger partial charge in [-0.05, 0) is 38.0 Å². The van der Waals surface area contributed by atoms with Crippen LogP contribution in [0.3, 0.4) is 0 Å². The number of thiophene rings is 1. The maximum atomic E-state index is 12.3. The lowest BCUT2D eigenvalue weighted by Gasteiger charge is -2.03. The second kappa shape index (κ2) is 5.29. The molecule has 0 aliphatic heterocycles. The molecular formula is C15H16N4OS. The van der Waals surface area contributed by atoms with Gasteiger partial charge in [-0.1, -0.05) is 6.92 Å². The van der Waals surface area contributed by atoms with Crippen molar-refractivity contribution in [1.82, 2.24) is 15.2 Å². The number of fused-ring (bicyclic) bond motifs is 1. The Labute approximate surface area is 126 Å². The minimum atomic E-state index is -0.0925. The molecule has 3 aromatic rings. The number of anilines is 1. The van der Waals surface area contributed by atoms with Crippen molar-refractivity contribution in [2.45, 2.75) is 27.2 Å². The van der Waals surface area contributed by atoms with E-state index in [-0.39, 0.29) is 5.91 Å². The van der Waals surface area contributed by atoms with Gasteiger partial charge in [0.05, 0.1) is 16.8 Å². The zero-order valence-electron chi connectivity index (χ0n) is 12.2. The Kier molecular flexibility index (Phi) is 3.47.